The summed E-state index contributed by atoms with van der Waals surface area (Å²) >= 11 is 0. The van der Waals surface area contributed by atoms with Crippen molar-refractivity contribution in [2.24, 2.45) is 5.14 Å². The fourth-order valence-corrected chi connectivity index (χ4v) is 6.27. The Morgan fingerprint density at radius 3 is 2.12 bits per heavy atom. The molecule has 1 aliphatic heterocycles. The number of carbonyl (C=O) groups excluding carboxylic acids is 2. The van der Waals surface area contributed by atoms with Crippen molar-refractivity contribution in [3.05, 3.63) is 131 Å². The molecule has 3 N–H and O–H groups in total. The molecule has 0 aromatic heterocycles. The molecule has 1 heterocycles. The van der Waals surface area contributed by atoms with Gasteiger partial charge in [0.25, 0.3) is 0 Å². The Morgan fingerprint density at radius 2 is 1.46 bits per heavy atom. The van der Waals surface area contributed by atoms with Crippen molar-refractivity contribution in [3.63, 3.8) is 0 Å². The molecule has 4 aromatic carbocycles. The van der Waals surface area contributed by atoms with E-state index < -0.39 is 10.0 Å². The van der Waals surface area contributed by atoms with Gasteiger partial charge in [-0.2, -0.15) is 0 Å². The highest BCUT2D eigenvalue weighted by atomic mass is 35.5. The molecular formula is C38H43ClN4O4S. The van der Waals surface area contributed by atoms with E-state index in [0.717, 1.165) is 53.0 Å². The average Bonchev–Trinajstić information content (AvgIpc) is 3.60. The summed E-state index contributed by atoms with van der Waals surface area (Å²) in [6.07, 6.45) is 6.73. The Bertz CT molecular complexity index is 1790. The maximum Gasteiger partial charge on any atom is 0.246 e. The number of halogens is 1. The Kier molecular flexibility index (Phi) is 13.5. The number of sulfonamides is 1. The van der Waals surface area contributed by atoms with Gasteiger partial charge in [0.05, 0.1) is 11.3 Å². The third kappa shape index (κ3) is 11.2. The van der Waals surface area contributed by atoms with Gasteiger partial charge in [-0.25, -0.2) is 13.6 Å². The number of hydrogen-bond acceptors (Lipinski definition) is 5. The van der Waals surface area contributed by atoms with Crippen LogP contribution < -0.4 is 10.5 Å². The third-order valence-corrected chi connectivity index (χ3v) is 9.26. The fraction of sp³-hybridized carbons (Fsp3) is 0.263. The lowest BCUT2D eigenvalue weighted by Gasteiger charge is -2.22. The second kappa shape index (κ2) is 17.8. The summed E-state index contributed by atoms with van der Waals surface area (Å²) in [7, 11) is -3.78. The molecule has 5 rings (SSSR count). The first-order valence-corrected chi connectivity index (χ1v) is 17.6. The molecule has 2 amide bonds. The van der Waals surface area contributed by atoms with E-state index >= 15 is 0 Å². The number of nitrogens with zero attached hydrogens (tertiary/aromatic N) is 2. The Morgan fingerprint density at radius 1 is 0.812 bits per heavy atom. The van der Waals surface area contributed by atoms with Crippen LogP contribution in [0.4, 0.5) is 0 Å². The van der Waals surface area contributed by atoms with E-state index in [9.17, 15) is 18.0 Å². The van der Waals surface area contributed by atoms with Gasteiger partial charge in [-0.3, -0.25) is 9.59 Å². The first-order chi connectivity index (χ1) is 22.7. The zero-order valence-corrected chi connectivity index (χ0v) is 28.6. The zero-order valence-electron chi connectivity index (χ0n) is 27.0. The fourth-order valence-electron chi connectivity index (χ4n) is 5.75. The average molecular weight is 687 g/mol. The van der Waals surface area contributed by atoms with Gasteiger partial charge in [-0.05, 0) is 90.0 Å². The van der Waals surface area contributed by atoms with E-state index in [2.05, 4.69) is 22.3 Å². The van der Waals surface area contributed by atoms with Crippen LogP contribution in [0.25, 0.3) is 17.2 Å². The van der Waals surface area contributed by atoms with Crippen LogP contribution in [-0.4, -0.2) is 62.8 Å². The minimum Gasteiger partial charge on any atom is -0.355 e. The largest absolute Gasteiger partial charge is 0.355 e. The number of benzene rings is 4. The van der Waals surface area contributed by atoms with Crippen molar-refractivity contribution in [3.8, 4) is 11.1 Å². The first kappa shape index (κ1) is 36.6. The predicted molar refractivity (Wildman–Crippen MR) is 194 cm³/mol. The smallest absolute Gasteiger partial charge is 0.246 e. The number of hydrogen-bond donors (Lipinski definition) is 2. The number of primary sulfonamides is 1. The van der Waals surface area contributed by atoms with Crippen LogP contribution in [0.3, 0.4) is 0 Å². The molecule has 4 aromatic rings. The quantitative estimate of drug-likeness (QED) is 0.171. The molecule has 0 bridgehead atoms. The van der Waals surface area contributed by atoms with E-state index in [1.807, 2.05) is 66.7 Å². The first-order valence-electron chi connectivity index (χ1n) is 16.0. The summed E-state index contributed by atoms with van der Waals surface area (Å²) in [6, 6.07) is 32.2. The number of nitrogens with one attached hydrogen (secondary N) is 1. The number of amides is 2. The minimum absolute atomic E-state index is 0. The molecule has 0 unspecified atom stereocenters. The third-order valence-electron chi connectivity index (χ3n) is 8.33. The van der Waals surface area contributed by atoms with Crippen LogP contribution in [0.2, 0.25) is 0 Å². The van der Waals surface area contributed by atoms with E-state index in [0.29, 0.717) is 32.5 Å². The van der Waals surface area contributed by atoms with Crippen molar-refractivity contribution in [2.45, 2.75) is 37.1 Å². The van der Waals surface area contributed by atoms with Gasteiger partial charge >= 0.3 is 0 Å². The van der Waals surface area contributed by atoms with Crippen LogP contribution in [0.15, 0.2) is 114 Å². The van der Waals surface area contributed by atoms with Gasteiger partial charge in [0.15, 0.2) is 0 Å². The second-order valence-corrected chi connectivity index (χ2v) is 13.5. The molecular weight excluding hydrogens is 644 g/mol. The molecule has 8 nitrogen and oxygen atoms in total. The molecule has 1 aliphatic rings. The van der Waals surface area contributed by atoms with Crippen LogP contribution in [0.5, 0.6) is 0 Å². The minimum atomic E-state index is -3.78. The SMILES string of the molecule is Cl.NS(=O)(=O)c1ccc(CCN(Cc2cccc(-c3cccc(CC(=O)NCCN4CCCC4)c3)c2)C(=O)/C=C/c2ccccc2)cc1. The van der Waals surface area contributed by atoms with E-state index in [4.69, 9.17) is 5.14 Å². The number of likely N-dealkylation sites (tertiary alicyclic amines) is 1. The molecule has 48 heavy (non-hydrogen) atoms. The zero-order chi connectivity index (χ0) is 33.1. The molecule has 1 saturated heterocycles. The highest BCUT2D eigenvalue weighted by Crippen LogP contribution is 2.23. The summed E-state index contributed by atoms with van der Waals surface area (Å²) in [5.41, 5.74) is 5.76. The molecule has 252 valence electrons. The monoisotopic (exact) mass is 686 g/mol. The van der Waals surface area contributed by atoms with Gasteiger partial charge < -0.3 is 15.1 Å². The van der Waals surface area contributed by atoms with Crippen molar-refractivity contribution >= 4 is 40.3 Å². The summed E-state index contributed by atoms with van der Waals surface area (Å²) in [5, 5.41) is 8.31. The highest BCUT2D eigenvalue weighted by Gasteiger charge is 2.15. The normalized spacial score (nSPS) is 13.3. The lowest BCUT2D eigenvalue weighted by Crippen LogP contribution is -2.34. The van der Waals surface area contributed by atoms with Crippen LogP contribution in [-0.2, 0) is 39.0 Å². The summed E-state index contributed by atoms with van der Waals surface area (Å²) in [4.78, 5) is 30.3. The molecule has 1 fully saturated rings. The highest BCUT2D eigenvalue weighted by molar-refractivity contribution is 7.89. The Hall–Kier alpha value is -4.28. The van der Waals surface area contributed by atoms with Gasteiger partial charge in [-0.15, -0.1) is 12.4 Å². The number of rotatable bonds is 14. The number of nitrogens with two attached hydrogens (primary N) is 1. The van der Waals surface area contributed by atoms with E-state index in [-0.39, 0.29) is 29.1 Å². The Labute approximate surface area is 290 Å². The molecule has 0 spiro atoms. The lowest BCUT2D eigenvalue weighted by atomic mass is 9.99. The number of carbonyl (C=O) groups is 2. The van der Waals surface area contributed by atoms with Crippen molar-refractivity contribution < 1.29 is 18.0 Å². The lowest BCUT2D eigenvalue weighted by molar-refractivity contribution is -0.126. The van der Waals surface area contributed by atoms with Gasteiger partial charge in [0.1, 0.15) is 0 Å². The van der Waals surface area contributed by atoms with Crippen LogP contribution in [0, 0.1) is 0 Å². The van der Waals surface area contributed by atoms with Crippen LogP contribution >= 0.6 is 12.4 Å². The maximum absolute atomic E-state index is 13.5. The topological polar surface area (TPSA) is 113 Å². The van der Waals surface area contributed by atoms with Crippen LogP contribution in [0.1, 0.15) is 35.1 Å². The van der Waals surface area contributed by atoms with Gasteiger partial charge in [0, 0.05) is 32.3 Å². The molecule has 10 heteroatoms. The van der Waals surface area contributed by atoms with Crippen molar-refractivity contribution in [1.29, 1.82) is 0 Å². The molecule has 0 radical (unpaired) electrons. The maximum atomic E-state index is 13.5. The summed E-state index contributed by atoms with van der Waals surface area (Å²) in [6.45, 7) is 4.61. The summed E-state index contributed by atoms with van der Waals surface area (Å²) in [5.74, 6) is -0.106. The van der Waals surface area contributed by atoms with Crippen molar-refractivity contribution in [2.75, 3.05) is 32.7 Å². The molecule has 0 saturated carbocycles. The van der Waals surface area contributed by atoms with E-state index in [1.165, 1.54) is 25.0 Å². The van der Waals surface area contributed by atoms with E-state index in [1.54, 1.807) is 29.2 Å². The second-order valence-electron chi connectivity index (χ2n) is 11.9. The predicted octanol–water partition coefficient (Wildman–Crippen LogP) is 5.46. The van der Waals surface area contributed by atoms with Gasteiger partial charge in [-0.1, -0.05) is 84.9 Å². The standard InChI is InChI=1S/C38H42N4O4S.ClH/c39-47(45,46)36-17-14-31(15-18-36)20-24-42(38(44)19-16-30-8-2-1-3-9-30)29-33-11-7-13-35(27-33)34-12-6-10-32(26-34)28-37(43)40-21-25-41-22-4-5-23-41;/h1-3,6-19,26-27H,4-5,20-25,28-29H2,(H,40,43)(H2,39,45,46);1H/b19-16+;. The Balaban J connectivity index is 0.00000520. The van der Waals surface area contributed by atoms with Gasteiger partial charge in [0.2, 0.25) is 21.8 Å². The van der Waals surface area contributed by atoms with Crippen molar-refractivity contribution in [1.82, 2.24) is 15.1 Å². The molecule has 0 aliphatic carbocycles. The summed E-state index contributed by atoms with van der Waals surface area (Å²) < 4.78 is 23.3. The molecule has 0 atom stereocenters.